The van der Waals surface area contributed by atoms with Gasteiger partial charge in [-0.2, -0.15) is 0 Å². The Kier molecular flexibility index (Phi) is 5.36. The lowest BCUT2D eigenvalue weighted by Crippen LogP contribution is -2.30. The molecule has 5 nitrogen and oxygen atoms in total. The summed E-state index contributed by atoms with van der Waals surface area (Å²) < 4.78 is 5.62. The summed E-state index contributed by atoms with van der Waals surface area (Å²) in [6, 6.07) is 14.1. The van der Waals surface area contributed by atoms with Gasteiger partial charge >= 0.3 is 0 Å². The van der Waals surface area contributed by atoms with Crippen molar-refractivity contribution in [2.75, 3.05) is 5.32 Å². The second-order valence-corrected chi connectivity index (χ2v) is 5.19. The van der Waals surface area contributed by atoms with Crippen LogP contribution in [0.2, 0.25) is 0 Å². The van der Waals surface area contributed by atoms with Crippen LogP contribution in [-0.2, 0) is 11.2 Å². The summed E-state index contributed by atoms with van der Waals surface area (Å²) in [5.74, 6) is -0.205. The van der Waals surface area contributed by atoms with Gasteiger partial charge in [0, 0.05) is 11.3 Å². The normalized spacial score (nSPS) is 11.6. The van der Waals surface area contributed by atoms with Crippen molar-refractivity contribution in [3.05, 3.63) is 59.7 Å². The molecule has 0 spiro atoms. The van der Waals surface area contributed by atoms with Crippen LogP contribution in [0.4, 0.5) is 5.69 Å². The SMILES string of the molecule is CCc1ccc(O[C@@H](C)C(=O)Nc2cccc(C(N)=O)c2)cc1. The number of carbonyl (C=O) groups is 2. The Morgan fingerprint density at radius 3 is 2.48 bits per heavy atom. The Labute approximate surface area is 135 Å². The van der Waals surface area contributed by atoms with Gasteiger partial charge in [0.25, 0.3) is 5.91 Å². The number of ether oxygens (including phenoxy) is 1. The zero-order chi connectivity index (χ0) is 16.8. The minimum absolute atomic E-state index is 0.300. The van der Waals surface area contributed by atoms with E-state index in [0.717, 1.165) is 6.42 Å². The van der Waals surface area contributed by atoms with Crippen LogP contribution in [0.15, 0.2) is 48.5 Å². The first-order chi connectivity index (χ1) is 11.0. The number of hydrogen-bond acceptors (Lipinski definition) is 3. The maximum atomic E-state index is 12.2. The van der Waals surface area contributed by atoms with Crippen molar-refractivity contribution in [2.24, 2.45) is 5.73 Å². The first kappa shape index (κ1) is 16.5. The molecule has 3 N–H and O–H groups in total. The molecular formula is C18H20N2O3. The summed E-state index contributed by atoms with van der Waals surface area (Å²) in [6.07, 6.45) is 0.284. The number of carbonyl (C=O) groups excluding carboxylic acids is 2. The molecule has 0 fully saturated rings. The van der Waals surface area contributed by atoms with Gasteiger partial charge < -0.3 is 15.8 Å². The van der Waals surface area contributed by atoms with E-state index in [1.165, 1.54) is 11.6 Å². The molecule has 5 heteroatoms. The third kappa shape index (κ3) is 4.57. The summed E-state index contributed by atoms with van der Waals surface area (Å²) in [5, 5.41) is 2.71. The second-order valence-electron chi connectivity index (χ2n) is 5.19. The molecule has 0 bridgehead atoms. The van der Waals surface area contributed by atoms with E-state index in [9.17, 15) is 9.59 Å². The Morgan fingerprint density at radius 1 is 1.17 bits per heavy atom. The number of nitrogens with two attached hydrogens (primary N) is 1. The summed E-state index contributed by atoms with van der Waals surface area (Å²) in [7, 11) is 0. The Bertz CT molecular complexity index is 696. The fourth-order valence-corrected chi connectivity index (χ4v) is 2.06. The monoisotopic (exact) mass is 312 g/mol. The van der Waals surface area contributed by atoms with Crippen LogP contribution in [0.5, 0.6) is 5.75 Å². The molecule has 2 aromatic rings. The van der Waals surface area contributed by atoms with Gasteiger partial charge in [0.15, 0.2) is 6.10 Å². The van der Waals surface area contributed by atoms with E-state index in [1.807, 2.05) is 24.3 Å². The van der Waals surface area contributed by atoms with E-state index in [4.69, 9.17) is 10.5 Å². The minimum Gasteiger partial charge on any atom is -0.481 e. The molecule has 0 aliphatic carbocycles. The van der Waals surface area contributed by atoms with Crippen LogP contribution in [0, 0.1) is 0 Å². The van der Waals surface area contributed by atoms with Gasteiger partial charge in [0.1, 0.15) is 5.75 Å². The standard InChI is InChI=1S/C18H20N2O3/c1-3-13-7-9-16(10-8-13)23-12(2)18(22)20-15-6-4-5-14(11-15)17(19)21/h4-12H,3H2,1-2H3,(H2,19,21)(H,20,22)/t12-/m0/s1. The van der Waals surface area contributed by atoms with Crippen LogP contribution < -0.4 is 15.8 Å². The van der Waals surface area contributed by atoms with E-state index >= 15 is 0 Å². The number of hydrogen-bond donors (Lipinski definition) is 2. The molecule has 120 valence electrons. The van der Waals surface area contributed by atoms with Crippen LogP contribution in [0.25, 0.3) is 0 Å². The summed E-state index contributed by atoms with van der Waals surface area (Å²) in [4.78, 5) is 23.3. The minimum atomic E-state index is -0.667. The molecule has 2 rings (SSSR count). The van der Waals surface area contributed by atoms with Crippen molar-refractivity contribution in [2.45, 2.75) is 26.4 Å². The highest BCUT2D eigenvalue weighted by atomic mass is 16.5. The van der Waals surface area contributed by atoms with Crippen LogP contribution in [0.1, 0.15) is 29.8 Å². The Morgan fingerprint density at radius 2 is 1.87 bits per heavy atom. The van der Waals surface area contributed by atoms with Gasteiger partial charge in [-0.3, -0.25) is 9.59 Å². The summed E-state index contributed by atoms with van der Waals surface area (Å²) in [5.41, 5.74) is 7.27. The van der Waals surface area contributed by atoms with E-state index in [0.29, 0.717) is 17.0 Å². The van der Waals surface area contributed by atoms with E-state index in [1.54, 1.807) is 25.1 Å². The molecule has 23 heavy (non-hydrogen) atoms. The van der Waals surface area contributed by atoms with Crippen LogP contribution in [0.3, 0.4) is 0 Å². The van der Waals surface area contributed by atoms with Gasteiger partial charge in [-0.25, -0.2) is 0 Å². The number of aryl methyl sites for hydroxylation is 1. The van der Waals surface area contributed by atoms with Gasteiger partial charge in [0.05, 0.1) is 0 Å². The quantitative estimate of drug-likeness (QED) is 0.860. The number of amides is 2. The molecule has 0 unspecified atom stereocenters. The topological polar surface area (TPSA) is 81.4 Å². The van der Waals surface area contributed by atoms with Gasteiger partial charge in [-0.05, 0) is 49.2 Å². The molecule has 2 amide bonds. The average Bonchev–Trinajstić information content (AvgIpc) is 2.55. The predicted octanol–water partition coefficient (Wildman–Crippen LogP) is 2.75. The third-order valence-corrected chi connectivity index (χ3v) is 3.43. The summed E-state index contributed by atoms with van der Waals surface area (Å²) in [6.45, 7) is 3.74. The van der Waals surface area contributed by atoms with Crippen LogP contribution >= 0.6 is 0 Å². The molecular weight excluding hydrogens is 292 g/mol. The fraction of sp³-hybridized carbons (Fsp3) is 0.222. The van der Waals surface area contributed by atoms with Gasteiger partial charge in [-0.1, -0.05) is 25.1 Å². The number of benzene rings is 2. The zero-order valence-electron chi connectivity index (χ0n) is 13.2. The molecule has 2 aromatic carbocycles. The van der Waals surface area contributed by atoms with Crippen molar-refractivity contribution in [1.82, 2.24) is 0 Å². The van der Waals surface area contributed by atoms with E-state index < -0.39 is 12.0 Å². The number of rotatable bonds is 6. The molecule has 0 aliphatic rings. The predicted molar refractivity (Wildman–Crippen MR) is 89.5 cm³/mol. The average molecular weight is 312 g/mol. The smallest absolute Gasteiger partial charge is 0.265 e. The maximum absolute atomic E-state index is 12.2. The molecule has 0 saturated heterocycles. The first-order valence-electron chi connectivity index (χ1n) is 7.46. The Balaban J connectivity index is 1.99. The largest absolute Gasteiger partial charge is 0.481 e. The fourth-order valence-electron chi connectivity index (χ4n) is 2.06. The van der Waals surface area contributed by atoms with E-state index in [-0.39, 0.29) is 5.91 Å². The van der Waals surface area contributed by atoms with Gasteiger partial charge in [-0.15, -0.1) is 0 Å². The van der Waals surface area contributed by atoms with Crippen molar-refractivity contribution >= 4 is 17.5 Å². The lowest BCUT2D eigenvalue weighted by Gasteiger charge is -2.15. The highest BCUT2D eigenvalue weighted by Gasteiger charge is 2.15. The zero-order valence-corrected chi connectivity index (χ0v) is 13.2. The maximum Gasteiger partial charge on any atom is 0.265 e. The lowest BCUT2D eigenvalue weighted by atomic mass is 10.2. The highest BCUT2D eigenvalue weighted by molar-refractivity contribution is 5.97. The second kappa shape index (κ2) is 7.45. The molecule has 0 saturated carbocycles. The van der Waals surface area contributed by atoms with Crippen LogP contribution in [-0.4, -0.2) is 17.9 Å². The molecule has 0 aromatic heterocycles. The van der Waals surface area contributed by atoms with Crippen molar-refractivity contribution in [1.29, 1.82) is 0 Å². The van der Waals surface area contributed by atoms with Crippen molar-refractivity contribution in [3.8, 4) is 5.75 Å². The lowest BCUT2D eigenvalue weighted by molar-refractivity contribution is -0.122. The van der Waals surface area contributed by atoms with Crippen molar-refractivity contribution in [3.63, 3.8) is 0 Å². The third-order valence-electron chi connectivity index (χ3n) is 3.43. The van der Waals surface area contributed by atoms with Crippen molar-refractivity contribution < 1.29 is 14.3 Å². The number of primary amides is 1. The Hall–Kier alpha value is -2.82. The molecule has 0 aliphatic heterocycles. The number of anilines is 1. The molecule has 0 radical (unpaired) electrons. The molecule has 1 atom stereocenters. The van der Waals surface area contributed by atoms with Gasteiger partial charge in [0.2, 0.25) is 5.91 Å². The number of nitrogens with one attached hydrogen (secondary N) is 1. The summed E-state index contributed by atoms with van der Waals surface area (Å²) >= 11 is 0. The van der Waals surface area contributed by atoms with E-state index in [2.05, 4.69) is 12.2 Å². The molecule has 0 heterocycles. The first-order valence-corrected chi connectivity index (χ1v) is 7.46. The highest BCUT2D eigenvalue weighted by Crippen LogP contribution is 2.16.